The van der Waals surface area contributed by atoms with Gasteiger partial charge in [0.15, 0.2) is 0 Å². The molecular weight excluding hydrogens is 232 g/mol. The van der Waals surface area contributed by atoms with Gasteiger partial charge < -0.3 is 14.7 Å². The predicted molar refractivity (Wildman–Crippen MR) is 69.9 cm³/mol. The summed E-state index contributed by atoms with van der Waals surface area (Å²) in [6.45, 7) is 1.38. The van der Waals surface area contributed by atoms with Crippen LogP contribution in [0.4, 0.5) is 0 Å². The topological polar surface area (TPSA) is 61.8 Å². The van der Waals surface area contributed by atoms with E-state index in [0.29, 0.717) is 17.9 Å². The smallest absolute Gasteiger partial charge is 0.325 e. The fraction of sp³-hybridized carbons (Fsp3) is 0.462. The summed E-state index contributed by atoms with van der Waals surface area (Å²) in [5.41, 5.74) is 0.645. The molecule has 100 valence electrons. The summed E-state index contributed by atoms with van der Waals surface area (Å²) >= 11 is 0. The van der Waals surface area contributed by atoms with Crippen LogP contribution in [0, 0.1) is 0 Å². The third-order valence-corrected chi connectivity index (χ3v) is 2.60. The molecule has 0 saturated carbocycles. The second-order valence-corrected chi connectivity index (χ2v) is 4.27. The van der Waals surface area contributed by atoms with E-state index in [2.05, 4.69) is 5.32 Å². The van der Waals surface area contributed by atoms with Crippen molar-refractivity contribution in [1.29, 1.82) is 0 Å². The molecule has 1 unspecified atom stereocenters. The molecule has 0 radical (unpaired) electrons. The fourth-order valence-electron chi connectivity index (χ4n) is 1.67. The van der Waals surface area contributed by atoms with E-state index in [-0.39, 0.29) is 0 Å². The molecule has 1 aromatic rings. The van der Waals surface area contributed by atoms with Gasteiger partial charge in [-0.2, -0.15) is 0 Å². The molecule has 0 aliphatic rings. The van der Waals surface area contributed by atoms with E-state index in [1.165, 1.54) is 7.11 Å². The van der Waals surface area contributed by atoms with E-state index in [1.54, 1.807) is 18.2 Å². The van der Waals surface area contributed by atoms with Gasteiger partial charge in [-0.05, 0) is 20.2 Å². The Kier molecular flexibility index (Phi) is 5.61. The molecule has 0 fully saturated rings. The SMILES string of the molecule is COc1ccccc1C(NCCN(C)C)C(=O)O. The summed E-state index contributed by atoms with van der Waals surface area (Å²) in [6.07, 6.45) is 0. The number of carbonyl (C=O) groups is 1. The van der Waals surface area contributed by atoms with Crippen molar-refractivity contribution in [2.24, 2.45) is 0 Å². The van der Waals surface area contributed by atoms with Gasteiger partial charge in [-0.25, -0.2) is 0 Å². The minimum absolute atomic E-state index is 0.585. The van der Waals surface area contributed by atoms with E-state index in [1.807, 2.05) is 25.1 Å². The zero-order valence-electron chi connectivity index (χ0n) is 11.0. The van der Waals surface area contributed by atoms with Crippen LogP contribution in [0.1, 0.15) is 11.6 Å². The lowest BCUT2D eigenvalue weighted by atomic mass is 10.1. The van der Waals surface area contributed by atoms with Crippen molar-refractivity contribution in [2.45, 2.75) is 6.04 Å². The maximum Gasteiger partial charge on any atom is 0.325 e. The van der Waals surface area contributed by atoms with Crippen LogP contribution >= 0.6 is 0 Å². The monoisotopic (exact) mass is 252 g/mol. The number of aliphatic carboxylic acids is 1. The summed E-state index contributed by atoms with van der Waals surface area (Å²) < 4.78 is 5.19. The average molecular weight is 252 g/mol. The Bertz CT molecular complexity index is 394. The Labute approximate surface area is 107 Å². The van der Waals surface area contributed by atoms with Crippen LogP contribution in [0.3, 0.4) is 0 Å². The number of nitrogens with zero attached hydrogens (tertiary/aromatic N) is 1. The van der Waals surface area contributed by atoms with Crippen molar-refractivity contribution >= 4 is 5.97 Å². The molecule has 0 amide bonds. The number of ether oxygens (including phenoxy) is 1. The predicted octanol–water partition coefficient (Wildman–Crippen LogP) is 0.972. The van der Waals surface area contributed by atoms with Gasteiger partial charge in [0.1, 0.15) is 11.8 Å². The van der Waals surface area contributed by atoms with Crippen LogP contribution in [-0.4, -0.2) is 50.3 Å². The average Bonchev–Trinajstić information content (AvgIpc) is 2.34. The third-order valence-electron chi connectivity index (χ3n) is 2.60. The number of para-hydroxylation sites is 1. The Morgan fingerprint density at radius 1 is 1.44 bits per heavy atom. The third kappa shape index (κ3) is 4.01. The number of likely N-dealkylation sites (N-methyl/N-ethyl adjacent to an activating group) is 1. The summed E-state index contributed by atoms with van der Waals surface area (Å²) in [4.78, 5) is 13.3. The van der Waals surface area contributed by atoms with Crippen molar-refractivity contribution in [2.75, 3.05) is 34.3 Å². The molecule has 5 heteroatoms. The molecule has 0 bridgehead atoms. The van der Waals surface area contributed by atoms with Crippen LogP contribution in [-0.2, 0) is 4.79 Å². The second kappa shape index (κ2) is 6.98. The summed E-state index contributed by atoms with van der Waals surface area (Å²) in [5.74, 6) is -0.319. The summed E-state index contributed by atoms with van der Waals surface area (Å²) in [6, 6.07) is 6.41. The molecule has 1 aromatic carbocycles. The first-order valence-corrected chi connectivity index (χ1v) is 5.80. The zero-order chi connectivity index (χ0) is 13.5. The Morgan fingerprint density at radius 2 is 2.11 bits per heavy atom. The second-order valence-electron chi connectivity index (χ2n) is 4.27. The zero-order valence-corrected chi connectivity index (χ0v) is 11.0. The number of carboxylic acids is 1. The number of nitrogens with one attached hydrogen (secondary N) is 1. The molecule has 2 N–H and O–H groups in total. The Balaban J connectivity index is 2.81. The van der Waals surface area contributed by atoms with Gasteiger partial charge >= 0.3 is 5.97 Å². The highest BCUT2D eigenvalue weighted by atomic mass is 16.5. The van der Waals surface area contributed by atoms with Gasteiger partial charge in [-0.15, -0.1) is 0 Å². The van der Waals surface area contributed by atoms with Crippen LogP contribution in [0.25, 0.3) is 0 Å². The van der Waals surface area contributed by atoms with E-state index < -0.39 is 12.0 Å². The first kappa shape index (κ1) is 14.5. The fourth-order valence-corrected chi connectivity index (χ4v) is 1.67. The lowest BCUT2D eigenvalue weighted by Crippen LogP contribution is -2.34. The van der Waals surface area contributed by atoms with E-state index in [0.717, 1.165) is 6.54 Å². The van der Waals surface area contributed by atoms with E-state index in [9.17, 15) is 9.90 Å². The Hall–Kier alpha value is -1.59. The number of benzene rings is 1. The molecule has 0 aliphatic carbocycles. The number of hydrogen-bond acceptors (Lipinski definition) is 4. The van der Waals surface area contributed by atoms with Crippen molar-refractivity contribution < 1.29 is 14.6 Å². The molecule has 0 aliphatic heterocycles. The van der Waals surface area contributed by atoms with Gasteiger partial charge in [0.25, 0.3) is 0 Å². The van der Waals surface area contributed by atoms with Gasteiger partial charge in [0.05, 0.1) is 7.11 Å². The largest absolute Gasteiger partial charge is 0.496 e. The molecule has 18 heavy (non-hydrogen) atoms. The Morgan fingerprint density at radius 3 is 2.67 bits per heavy atom. The molecule has 0 saturated heterocycles. The quantitative estimate of drug-likeness (QED) is 0.757. The van der Waals surface area contributed by atoms with Crippen molar-refractivity contribution in [3.63, 3.8) is 0 Å². The number of methoxy groups -OCH3 is 1. The highest BCUT2D eigenvalue weighted by molar-refractivity contribution is 5.76. The van der Waals surface area contributed by atoms with Crippen molar-refractivity contribution in [3.8, 4) is 5.75 Å². The minimum Gasteiger partial charge on any atom is -0.496 e. The molecule has 1 rings (SSSR count). The highest BCUT2D eigenvalue weighted by Crippen LogP contribution is 2.24. The van der Waals surface area contributed by atoms with Crippen LogP contribution < -0.4 is 10.1 Å². The maximum atomic E-state index is 11.3. The van der Waals surface area contributed by atoms with Gasteiger partial charge in [-0.3, -0.25) is 10.1 Å². The maximum absolute atomic E-state index is 11.3. The normalized spacial score (nSPS) is 12.4. The molecule has 0 spiro atoms. The molecule has 1 atom stereocenters. The molecule has 0 heterocycles. The number of carboxylic acid groups (broad SMARTS) is 1. The van der Waals surface area contributed by atoms with Gasteiger partial charge in [-0.1, -0.05) is 18.2 Å². The van der Waals surface area contributed by atoms with E-state index >= 15 is 0 Å². The van der Waals surface area contributed by atoms with Crippen molar-refractivity contribution in [1.82, 2.24) is 10.2 Å². The summed E-state index contributed by atoms with van der Waals surface area (Å²) in [5, 5.41) is 12.3. The lowest BCUT2D eigenvalue weighted by Gasteiger charge is -2.18. The van der Waals surface area contributed by atoms with Crippen molar-refractivity contribution in [3.05, 3.63) is 29.8 Å². The first-order chi connectivity index (χ1) is 8.56. The van der Waals surface area contributed by atoms with Crippen LogP contribution in [0.15, 0.2) is 24.3 Å². The van der Waals surface area contributed by atoms with Crippen LogP contribution in [0.2, 0.25) is 0 Å². The van der Waals surface area contributed by atoms with Crippen LogP contribution in [0.5, 0.6) is 5.75 Å². The molecular formula is C13H20N2O3. The van der Waals surface area contributed by atoms with Gasteiger partial charge in [0, 0.05) is 18.7 Å². The minimum atomic E-state index is -0.904. The number of hydrogen-bond donors (Lipinski definition) is 2. The highest BCUT2D eigenvalue weighted by Gasteiger charge is 2.22. The lowest BCUT2D eigenvalue weighted by molar-refractivity contribution is -0.139. The first-order valence-electron chi connectivity index (χ1n) is 5.80. The summed E-state index contributed by atoms with van der Waals surface area (Å²) in [7, 11) is 5.43. The number of rotatable bonds is 7. The molecule has 0 aromatic heterocycles. The standard InChI is InChI=1S/C13H20N2O3/c1-15(2)9-8-14-12(13(16)17)10-6-4-5-7-11(10)18-3/h4-7,12,14H,8-9H2,1-3H3,(H,16,17). The van der Waals surface area contributed by atoms with E-state index in [4.69, 9.17) is 4.74 Å². The van der Waals surface area contributed by atoms with Gasteiger partial charge in [0.2, 0.25) is 0 Å². The molecule has 5 nitrogen and oxygen atoms in total.